The third-order valence-electron chi connectivity index (χ3n) is 8.57. The minimum absolute atomic E-state index is 0.0489. The number of rotatable bonds is 5. The van der Waals surface area contributed by atoms with E-state index in [0.29, 0.717) is 19.4 Å². The van der Waals surface area contributed by atoms with Crippen molar-refractivity contribution < 1.29 is 14.3 Å². The van der Waals surface area contributed by atoms with Crippen molar-refractivity contribution in [3.05, 3.63) is 108 Å². The van der Waals surface area contributed by atoms with E-state index in [4.69, 9.17) is 4.74 Å². The van der Waals surface area contributed by atoms with Gasteiger partial charge in [0.05, 0.1) is 5.69 Å². The topological polar surface area (TPSA) is 64.4 Å². The maximum atomic E-state index is 13.4. The Kier molecular flexibility index (Phi) is 5.61. The van der Waals surface area contributed by atoms with Crippen LogP contribution in [0, 0.1) is 5.92 Å². The number of carbonyl (C=O) groups excluding carboxylic acids is 2. The summed E-state index contributed by atoms with van der Waals surface area (Å²) >= 11 is 0. The molecular weight excluding hydrogens is 474 g/mol. The van der Waals surface area contributed by atoms with Crippen LogP contribution in [0.1, 0.15) is 53.1 Å². The molecule has 6 nitrogen and oxygen atoms in total. The summed E-state index contributed by atoms with van der Waals surface area (Å²) in [5.74, 6) is 0.148. The lowest BCUT2D eigenvalue weighted by Crippen LogP contribution is -2.48. The van der Waals surface area contributed by atoms with E-state index in [1.54, 1.807) is 10.9 Å². The normalized spacial score (nSPS) is 21.7. The fraction of sp³-hybridized carbons (Fsp3) is 0.281. The summed E-state index contributed by atoms with van der Waals surface area (Å²) in [7, 11) is 0. The van der Waals surface area contributed by atoms with Gasteiger partial charge in [-0.25, -0.2) is 9.48 Å². The third-order valence-corrected chi connectivity index (χ3v) is 8.57. The van der Waals surface area contributed by atoms with E-state index >= 15 is 0 Å². The van der Waals surface area contributed by atoms with Gasteiger partial charge < -0.3 is 9.64 Å². The number of hydrogen-bond acceptors (Lipinski definition) is 4. The van der Waals surface area contributed by atoms with E-state index < -0.39 is 0 Å². The highest BCUT2D eigenvalue weighted by atomic mass is 16.6. The Morgan fingerprint density at radius 1 is 0.816 bits per heavy atom. The van der Waals surface area contributed by atoms with Crippen LogP contribution in [-0.4, -0.2) is 45.2 Å². The van der Waals surface area contributed by atoms with Gasteiger partial charge in [-0.05, 0) is 78.3 Å². The second-order valence-electron chi connectivity index (χ2n) is 10.6. The van der Waals surface area contributed by atoms with Crippen molar-refractivity contribution in [2.45, 2.75) is 43.7 Å². The second kappa shape index (κ2) is 9.28. The van der Waals surface area contributed by atoms with Crippen LogP contribution in [0.2, 0.25) is 0 Å². The smallest absolute Gasteiger partial charge is 0.410 e. The molecule has 3 aromatic carbocycles. The van der Waals surface area contributed by atoms with Crippen LogP contribution in [0.15, 0.2) is 91.3 Å². The van der Waals surface area contributed by atoms with Crippen LogP contribution < -0.4 is 0 Å². The predicted molar refractivity (Wildman–Crippen MR) is 144 cm³/mol. The number of hydrogen-bond donors (Lipinski definition) is 0. The Hall–Kier alpha value is -4.19. The fourth-order valence-corrected chi connectivity index (χ4v) is 6.79. The second-order valence-corrected chi connectivity index (χ2v) is 10.6. The molecule has 3 aliphatic rings. The number of benzene rings is 3. The van der Waals surface area contributed by atoms with Gasteiger partial charge in [-0.3, -0.25) is 4.79 Å². The molecule has 7 rings (SSSR count). The number of aromatic nitrogens is 2. The van der Waals surface area contributed by atoms with Gasteiger partial charge in [0.1, 0.15) is 6.61 Å². The van der Waals surface area contributed by atoms with Crippen molar-refractivity contribution >= 4 is 11.9 Å². The summed E-state index contributed by atoms with van der Waals surface area (Å²) in [6, 6.07) is 26.4. The van der Waals surface area contributed by atoms with Gasteiger partial charge in [0.15, 0.2) is 5.78 Å². The van der Waals surface area contributed by atoms with Gasteiger partial charge in [0.25, 0.3) is 0 Å². The van der Waals surface area contributed by atoms with Crippen LogP contribution in [-0.2, 0) is 4.74 Å². The number of fused-ring (bicyclic) bond motifs is 5. The number of Topliss-reactive ketones (excluding diaryl/α,β-unsaturated/α-hetero) is 1. The summed E-state index contributed by atoms with van der Waals surface area (Å²) in [5, 5.41) is 4.25. The van der Waals surface area contributed by atoms with E-state index in [-0.39, 0.29) is 35.8 Å². The quantitative estimate of drug-likeness (QED) is 0.302. The van der Waals surface area contributed by atoms with Crippen LogP contribution in [0.25, 0.3) is 16.8 Å². The molecule has 1 aromatic heterocycles. The predicted octanol–water partition coefficient (Wildman–Crippen LogP) is 6.25. The largest absolute Gasteiger partial charge is 0.448 e. The molecule has 2 bridgehead atoms. The molecule has 2 saturated heterocycles. The molecule has 0 spiro atoms. The van der Waals surface area contributed by atoms with E-state index in [1.807, 2.05) is 53.6 Å². The SMILES string of the molecule is O=C(c1ccc(-n2cccn2)cc1)C1CC2CCC(C1)N2C(=O)OCC1c2ccccc2-c2ccccc21. The molecule has 190 valence electrons. The average molecular weight is 504 g/mol. The Balaban J connectivity index is 1.02. The van der Waals surface area contributed by atoms with Gasteiger partial charge in [-0.2, -0.15) is 5.10 Å². The number of nitrogens with zero attached hydrogens (tertiary/aromatic N) is 3. The van der Waals surface area contributed by atoms with Crippen molar-refractivity contribution in [3.8, 4) is 16.8 Å². The molecule has 2 fully saturated rings. The van der Waals surface area contributed by atoms with E-state index in [2.05, 4.69) is 41.5 Å². The molecule has 6 heteroatoms. The molecule has 0 radical (unpaired) electrons. The third kappa shape index (κ3) is 3.83. The summed E-state index contributed by atoms with van der Waals surface area (Å²) in [6.07, 6.45) is 6.62. The van der Waals surface area contributed by atoms with E-state index in [0.717, 1.165) is 24.1 Å². The summed E-state index contributed by atoms with van der Waals surface area (Å²) < 4.78 is 7.76. The van der Waals surface area contributed by atoms with Crippen molar-refractivity contribution in [1.29, 1.82) is 0 Å². The monoisotopic (exact) mass is 503 g/mol. The zero-order valence-corrected chi connectivity index (χ0v) is 21.1. The first kappa shape index (κ1) is 23.0. The van der Waals surface area contributed by atoms with Gasteiger partial charge in [-0.15, -0.1) is 0 Å². The lowest BCUT2D eigenvalue weighted by Gasteiger charge is -2.37. The maximum absolute atomic E-state index is 13.4. The molecule has 2 atom stereocenters. The number of piperidine rings is 1. The van der Waals surface area contributed by atoms with Crippen LogP contribution in [0.4, 0.5) is 4.79 Å². The molecule has 2 unspecified atom stereocenters. The highest BCUT2D eigenvalue weighted by molar-refractivity contribution is 5.98. The summed E-state index contributed by atoms with van der Waals surface area (Å²) in [4.78, 5) is 28.6. The van der Waals surface area contributed by atoms with E-state index in [1.165, 1.54) is 22.3 Å². The minimum atomic E-state index is -0.242. The Morgan fingerprint density at radius 2 is 1.45 bits per heavy atom. The molecule has 3 heterocycles. The molecular formula is C32H29N3O3. The number of ketones is 1. The average Bonchev–Trinajstić information content (AvgIpc) is 3.67. The lowest BCUT2D eigenvalue weighted by atomic mass is 9.85. The summed E-state index contributed by atoms with van der Waals surface area (Å²) in [5.41, 5.74) is 6.53. The molecule has 0 saturated carbocycles. The fourth-order valence-electron chi connectivity index (χ4n) is 6.79. The first-order chi connectivity index (χ1) is 18.7. The van der Waals surface area contributed by atoms with Gasteiger partial charge in [-0.1, -0.05) is 48.5 Å². The number of ether oxygens (including phenoxy) is 1. The molecule has 1 amide bonds. The summed E-state index contributed by atoms with van der Waals surface area (Å²) in [6.45, 7) is 0.327. The Bertz CT molecular complexity index is 1440. The van der Waals surface area contributed by atoms with Crippen molar-refractivity contribution in [2.75, 3.05) is 6.61 Å². The maximum Gasteiger partial charge on any atom is 0.410 e. The molecule has 4 aromatic rings. The Labute approximate surface area is 221 Å². The highest BCUT2D eigenvalue weighted by Crippen LogP contribution is 2.45. The molecule has 2 aliphatic heterocycles. The van der Waals surface area contributed by atoms with Gasteiger partial charge in [0.2, 0.25) is 0 Å². The zero-order chi connectivity index (χ0) is 25.6. The van der Waals surface area contributed by atoms with Crippen LogP contribution >= 0.6 is 0 Å². The molecule has 0 N–H and O–H groups in total. The van der Waals surface area contributed by atoms with Gasteiger partial charge in [0, 0.05) is 41.9 Å². The Morgan fingerprint density at radius 3 is 2.05 bits per heavy atom. The number of amides is 1. The first-order valence-corrected chi connectivity index (χ1v) is 13.4. The minimum Gasteiger partial charge on any atom is -0.448 e. The van der Waals surface area contributed by atoms with Crippen LogP contribution in [0.5, 0.6) is 0 Å². The van der Waals surface area contributed by atoms with Crippen molar-refractivity contribution in [3.63, 3.8) is 0 Å². The van der Waals surface area contributed by atoms with Gasteiger partial charge >= 0.3 is 6.09 Å². The highest BCUT2D eigenvalue weighted by Gasteiger charge is 2.46. The number of carbonyl (C=O) groups is 2. The van der Waals surface area contributed by atoms with Crippen molar-refractivity contribution in [1.82, 2.24) is 14.7 Å². The zero-order valence-electron chi connectivity index (χ0n) is 21.1. The lowest BCUT2D eigenvalue weighted by molar-refractivity contribution is 0.0506. The first-order valence-electron chi connectivity index (χ1n) is 13.4. The van der Waals surface area contributed by atoms with E-state index in [9.17, 15) is 9.59 Å². The molecule has 38 heavy (non-hydrogen) atoms. The van der Waals surface area contributed by atoms with Crippen LogP contribution in [0.3, 0.4) is 0 Å². The standard InChI is InChI=1S/C32H29N3O3/c36-31(21-10-12-23(13-11-21)34-17-5-16-33-34)22-18-24-14-15-25(19-22)35(24)32(37)38-20-30-28-8-3-1-6-26(28)27-7-2-4-9-29(27)30/h1-13,16-17,22,24-25,30H,14-15,18-20H2. The van der Waals surface area contributed by atoms with Crippen molar-refractivity contribution in [2.24, 2.45) is 5.92 Å². The molecule has 1 aliphatic carbocycles.